The van der Waals surface area contributed by atoms with E-state index in [9.17, 15) is 9.90 Å². The molecule has 17 heavy (non-hydrogen) atoms. The van der Waals surface area contributed by atoms with Crippen molar-refractivity contribution in [3.8, 4) is 0 Å². The molecule has 0 aliphatic carbocycles. The van der Waals surface area contributed by atoms with Crippen molar-refractivity contribution in [1.29, 1.82) is 0 Å². The summed E-state index contributed by atoms with van der Waals surface area (Å²) < 4.78 is 37.3. The van der Waals surface area contributed by atoms with Crippen molar-refractivity contribution in [3.63, 3.8) is 0 Å². The van der Waals surface area contributed by atoms with E-state index in [1.54, 1.807) is 0 Å². The van der Waals surface area contributed by atoms with Crippen LogP contribution in [0.2, 0.25) is 0 Å². The molecular formula is C14H28O3. The van der Waals surface area contributed by atoms with Crippen LogP contribution in [0.4, 0.5) is 0 Å². The summed E-state index contributed by atoms with van der Waals surface area (Å²) in [5.74, 6) is -2.04. The van der Waals surface area contributed by atoms with Crippen LogP contribution in [0.5, 0.6) is 0 Å². The fourth-order valence-corrected chi connectivity index (χ4v) is 1.61. The summed E-state index contributed by atoms with van der Waals surface area (Å²) >= 11 is 0. The molecule has 0 saturated carbocycles. The molecule has 0 heterocycles. The third kappa shape index (κ3) is 13.4. The van der Waals surface area contributed by atoms with Gasteiger partial charge in [0.05, 0.1) is 13.8 Å². The monoisotopic (exact) mass is 249 g/mol. The number of hydrogen-bond acceptors (Lipinski definition) is 2. The van der Waals surface area contributed by atoms with E-state index >= 15 is 0 Å². The highest BCUT2D eigenvalue weighted by atomic mass is 16.4. The highest BCUT2D eigenvalue weighted by Crippen LogP contribution is 2.12. The van der Waals surface area contributed by atoms with E-state index in [2.05, 4.69) is 6.92 Å². The van der Waals surface area contributed by atoms with Crippen LogP contribution in [0.25, 0.3) is 0 Å². The topological polar surface area (TPSA) is 57.5 Å². The Morgan fingerprint density at radius 1 is 1.12 bits per heavy atom. The minimum atomic E-state index is -3.36. The number of carboxylic acid groups (broad SMARTS) is 1. The molecule has 0 radical (unpaired) electrons. The predicted octanol–water partition coefficient (Wildman–Crippen LogP) is 3.74. The highest BCUT2D eigenvalue weighted by Gasteiger charge is 2.08. The largest absolute Gasteiger partial charge is 0.481 e. The normalized spacial score (nSPS) is 20.5. The quantitative estimate of drug-likeness (QED) is 0.518. The molecule has 2 N–H and O–H groups in total. The van der Waals surface area contributed by atoms with Crippen molar-refractivity contribution >= 4 is 5.97 Å². The molecule has 0 bridgehead atoms. The van der Waals surface area contributed by atoms with Crippen LogP contribution in [0.3, 0.4) is 0 Å². The summed E-state index contributed by atoms with van der Waals surface area (Å²) in [5, 5.41) is 18.5. The van der Waals surface area contributed by atoms with E-state index in [1.165, 1.54) is 19.3 Å². The Hall–Kier alpha value is -0.570. The molecule has 1 unspecified atom stereocenters. The van der Waals surface area contributed by atoms with E-state index in [0.717, 1.165) is 25.7 Å². The van der Waals surface area contributed by atoms with Crippen molar-refractivity contribution in [2.24, 2.45) is 0 Å². The second-order valence-corrected chi connectivity index (χ2v) is 4.18. The fourth-order valence-electron chi connectivity index (χ4n) is 1.61. The Bertz CT molecular complexity index is 345. The summed E-state index contributed by atoms with van der Waals surface area (Å²) in [6.07, 6.45) is -1.79. The van der Waals surface area contributed by atoms with E-state index in [1.807, 2.05) is 0 Å². The van der Waals surface area contributed by atoms with Crippen molar-refractivity contribution in [3.05, 3.63) is 0 Å². The molecule has 3 nitrogen and oxygen atoms in total. The number of carboxylic acids is 1. The van der Waals surface area contributed by atoms with Crippen molar-refractivity contribution in [2.45, 2.75) is 83.5 Å². The van der Waals surface area contributed by atoms with Crippen molar-refractivity contribution in [2.75, 3.05) is 0 Å². The number of rotatable bonds is 12. The van der Waals surface area contributed by atoms with Gasteiger partial charge in [-0.3, -0.25) is 4.79 Å². The molecule has 0 aliphatic rings. The molecule has 0 spiro atoms. The fraction of sp³-hybridized carbons (Fsp3) is 0.929. The van der Waals surface area contributed by atoms with E-state index in [4.69, 9.17) is 12.0 Å². The Morgan fingerprint density at radius 3 is 2.06 bits per heavy atom. The van der Waals surface area contributed by atoms with Gasteiger partial charge in [-0.05, 0) is 6.37 Å². The smallest absolute Gasteiger partial charge is 0.305 e. The van der Waals surface area contributed by atoms with E-state index in [-0.39, 0.29) is 6.42 Å². The number of unbranched alkanes of at least 4 members (excludes halogenated alkanes) is 7. The van der Waals surface area contributed by atoms with Crippen molar-refractivity contribution < 1.29 is 21.9 Å². The van der Waals surface area contributed by atoms with Crippen LogP contribution < -0.4 is 0 Å². The summed E-state index contributed by atoms with van der Waals surface area (Å²) in [6, 6.07) is 0. The molecule has 0 aromatic rings. The molecule has 0 rings (SSSR count). The van der Waals surface area contributed by atoms with Gasteiger partial charge in [0.25, 0.3) is 0 Å². The second-order valence-electron chi connectivity index (χ2n) is 4.18. The molecule has 0 aliphatic heterocycles. The summed E-state index contributed by atoms with van der Waals surface area (Å²) in [4.78, 5) is 10.8. The zero-order valence-corrected chi connectivity index (χ0v) is 10.7. The minimum absolute atomic E-state index is 0.241. The van der Waals surface area contributed by atoms with Crippen LogP contribution in [0, 0.1) is 0 Å². The molecule has 0 aromatic carbocycles. The molecule has 1 atom stereocenters. The van der Waals surface area contributed by atoms with Gasteiger partial charge in [0, 0.05) is 5.48 Å². The summed E-state index contributed by atoms with van der Waals surface area (Å²) in [7, 11) is 0. The number of carbonyl (C=O) groups is 1. The Morgan fingerprint density at radius 2 is 1.59 bits per heavy atom. The zero-order valence-electron chi connectivity index (χ0n) is 15.7. The first kappa shape index (κ1) is 9.37. The standard InChI is InChI=1S/C14H28O3/c1-2-3-4-5-6-7-8-9-10-11-13(15)12-14(16)17/h13,15H,2-12H2,1H3,(H,16,17)/i11D2,12D2,13D. The maximum atomic E-state index is 10.8. The molecular weight excluding hydrogens is 216 g/mol. The maximum Gasteiger partial charge on any atom is 0.305 e. The lowest BCUT2D eigenvalue weighted by Crippen LogP contribution is -2.12. The molecule has 102 valence electrons. The SMILES string of the molecule is [2H]C([2H])(CCCCCCCCCC)C([2H])(O)C([2H])([2H])C(=O)O. The third-order valence-electron chi connectivity index (χ3n) is 2.55. The number of hydrogen-bond donors (Lipinski definition) is 2. The highest BCUT2D eigenvalue weighted by molar-refractivity contribution is 5.67. The average Bonchev–Trinajstić information content (AvgIpc) is 2.41. The number of aliphatic carboxylic acids is 1. The first-order chi connectivity index (χ1) is 10.0. The van der Waals surface area contributed by atoms with Crippen LogP contribution in [-0.2, 0) is 4.79 Å². The zero-order chi connectivity index (χ0) is 17.4. The first-order valence-electron chi connectivity index (χ1n) is 8.96. The summed E-state index contributed by atoms with van der Waals surface area (Å²) in [6.45, 7) is 2.14. The Kier molecular flexibility index (Phi) is 6.56. The molecule has 0 fully saturated rings. The van der Waals surface area contributed by atoms with Gasteiger partial charge in [-0.25, -0.2) is 0 Å². The van der Waals surface area contributed by atoms with Gasteiger partial charge in [0.2, 0.25) is 0 Å². The molecule has 0 saturated heterocycles. The van der Waals surface area contributed by atoms with E-state index in [0.29, 0.717) is 6.42 Å². The van der Waals surface area contributed by atoms with Crippen LogP contribution >= 0.6 is 0 Å². The van der Waals surface area contributed by atoms with Crippen LogP contribution in [-0.4, -0.2) is 22.3 Å². The minimum Gasteiger partial charge on any atom is -0.481 e. The van der Waals surface area contributed by atoms with Gasteiger partial charge in [-0.1, -0.05) is 64.7 Å². The van der Waals surface area contributed by atoms with Gasteiger partial charge in [-0.15, -0.1) is 0 Å². The Balaban J connectivity index is 4.26. The predicted molar refractivity (Wildman–Crippen MR) is 70.1 cm³/mol. The van der Waals surface area contributed by atoms with Crippen molar-refractivity contribution in [1.82, 2.24) is 0 Å². The molecule has 3 heteroatoms. The summed E-state index contributed by atoms with van der Waals surface area (Å²) in [5.41, 5.74) is 0. The van der Waals surface area contributed by atoms with Gasteiger partial charge in [0.1, 0.15) is 0 Å². The second kappa shape index (κ2) is 11.9. The Labute approximate surface area is 112 Å². The first-order valence-corrected chi connectivity index (χ1v) is 6.46. The molecule has 0 aromatic heterocycles. The van der Waals surface area contributed by atoms with Crippen LogP contribution in [0.1, 0.15) is 84.3 Å². The average molecular weight is 249 g/mol. The third-order valence-corrected chi connectivity index (χ3v) is 2.55. The van der Waals surface area contributed by atoms with Gasteiger partial charge >= 0.3 is 5.97 Å². The van der Waals surface area contributed by atoms with Gasteiger partial charge in [-0.2, -0.15) is 0 Å². The van der Waals surface area contributed by atoms with E-state index < -0.39 is 24.8 Å². The maximum absolute atomic E-state index is 10.8. The molecule has 0 amide bonds. The lowest BCUT2D eigenvalue weighted by atomic mass is 10.0. The lowest BCUT2D eigenvalue weighted by Gasteiger charge is -2.07. The van der Waals surface area contributed by atoms with Crippen LogP contribution in [0.15, 0.2) is 0 Å². The lowest BCUT2D eigenvalue weighted by molar-refractivity contribution is -0.139. The number of aliphatic hydroxyl groups is 1. The van der Waals surface area contributed by atoms with Gasteiger partial charge < -0.3 is 10.2 Å². The van der Waals surface area contributed by atoms with Gasteiger partial charge in [0.15, 0.2) is 0 Å².